The molecule has 1 atom stereocenters. The minimum absolute atomic E-state index is 0.00939. The van der Waals surface area contributed by atoms with E-state index in [0.29, 0.717) is 39.4 Å². The molecule has 2 fully saturated rings. The van der Waals surface area contributed by atoms with Crippen LogP contribution in [-0.2, 0) is 23.6 Å². The average Bonchev–Trinajstić information content (AvgIpc) is 2.71. The van der Waals surface area contributed by atoms with E-state index in [2.05, 4.69) is 0 Å². The molecule has 1 aromatic rings. The highest BCUT2D eigenvalue weighted by Gasteiger charge is 2.31. The summed E-state index contributed by atoms with van der Waals surface area (Å²) < 4.78 is 7.27. The van der Waals surface area contributed by atoms with Crippen LogP contribution >= 0.6 is 0 Å². The molecule has 0 spiro atoms. The van der Waals surface area contributed by atoms with Crippen molar-refractivity contribution in [3.05, 3.63) is 26.4 Å². The standard InChI is InChI=1S/C18H27N5O5/c1-20-15(19)14(17(26)21(2)18(20)27)13(24)11-22-5-3-4-12(10-22)16(25)23-6-8-28-9-7-23/h12H,3-11,19H2,1-2H3/t12-/m1/s1. The third kappa shape index (κ3) is 3.88. The Bertz CT molecular complexity index is 884. The van der Waals surface area contributed by atoms with Crippen LogP contribution < -0.4 is 17.0 Å². The quantitative estimate of drug-likeness (QED) is 0.613. The van der Waals surface area contributed by atoms with Crippen molar-refractivity contribution in [2.45, 2.75) is 12.8 Å². The molecule has 28 heavy (non-hydrogen) atoms. The number of anilines is 1. The number of ketones is 1. The summed E-state index contributed by atoms with van der Waals surface area (Å²) in [5.41, 5.74) is 4.43. The Morgan fingerprint density at radius 2 is 1.79 bits per heavy atom. The molecule has 2 aliphatic rings. The lowest BCUT2D eigenvalue weighted by molar-refractivity contribution is -0.141. The summed E-state index contributed by atoms with van der Waals surface area (Å²) in [7, 11) is 2.74. The summed E-state index contributed by atoms with van der Waals surface area (Å²) >= 11 is 0. The SMILES string of the molecule is Cn1c(N)c(C(=O)CN2CCC[C@@H](C(=O)N3CCOCC3)C2)c(=O)n(C)c1=O. The van der Waals surface area contributed by atoms with Crippen LogP contribution in [0.15, 0.2) is 9.59 Å². The van der Waals surface area contributed by atoms with Crippen molar-refractivity contribution < 1.29 is 14.3 Å². The maximum absolute atomic E-state index is 12.8. The summed E-state index contributed by atoms with van der Waals surface area (Å²) in [5.74, 6) is -0.637. The number of ether oxygens (including phenoxy) is 1. The van der Waals surface area contributed by atoms with Gasteiger partial charge in [-0.15, -0.1) is 0 Å². The number of aromatic nitrogens is 2. The average molecular weight is 393 g/mol. The van der Waals surface area contributed by atoms with Crippen LogP contribution in [0.5, 0.6) is 0 Å². The number of piperidine rings is 1. The summed E-state index contributed by atoms with van der Waals surface area (Å²) in [5, 5.41) is 0. The molecule has 0 unspecified atom stereocenters. The maximum Gasteiger partial charge on any atom is 0.332 e. The molecule has 1 aromatic heterocycles. The maximum atomic E-state index is 12.8. The van der Waals surface area contributed by atoms with Crippen LogP contribution in [0.25, 0.3) is 0 Å². The number of likely N-dealkylation sites (tertiary alicyclic amines) is 1. The van der Waals surface area contributed by atoms with E-state index in [1.807, 2.05) is 9.80 Å². The van der Waals surface area contributed by atoms with E-state index < -0.39 is 17.0 Å². The zero-order valence-corrected chi connectivity index (χ0v) is 16.3. The Morgan fingerprint density at radius 1 is 1.11 bits per heavy atom. The summed E-state index contributed by atoms with van der Waals surface area (Å²) in [6.45, 7) is 3.42. The number of hydrogen-bond acceptors (Lipinski definition) is 7. The van der Waals surface area contributed by atoms with Gasteiger partial charge in [0, 0.05) is 33.7 Å². The van der Waals surface area contributed by atoms with Gasteiger partial charge in [-0.2, -0.15) is 0 Å². The highest BCUT2D eigenvalue weighted by Crippen LogP contribution is 2.20. The largest absolute Gasteiger partial charge is 0.384 e. The lowest BCUT2D eigenvalue weighted by Gasteiger charge is -2.35. The molecule has 2 aliphatic heterocycles. The minimum Gasteiger partial charge on any atom is -0.384 e. The zero-order valence-electron chi connectivity index (χ0n) is 16.3. The predicted molar refractivity (Wildman–Crippen MR) is 102 cm³/mol. The van der Waals surface area contributed by atoms with Gasteiger partial charge in [-0.3, -0.25) is 28.4 Å². The highest BCUT2D eigenvalue weighted by molar-refractivity contribution is 6.01. The van der Waals surface area contributed by atoms with Gasteiger partial charge < -0.3 is 15.4 Å². The number of rotatable bonds is 4. The number of carbonyl (C=O) groups excluding carboxylic acids is 2. The number of nitrogen functional groups attached to an aromatic ring is 1. The first-order chi connectivity index (χ1) is 13.3. The Labute approximate surface area is 162 Å². The summed E-state index contributed by atoms with van der Waals surface area (Å²) in [6, 6.07) is 0. The van der Waals surface area contributed by atoms with E-state index in [1.54, 1.807) is 0 Å². The van der Waals surface area contributed by atoms with Gasteiger partial charge in [0.25, 0.3) is 5.56 Å². The van der Waals surface area contributed by atoms with Gasteiger partial charge in [-0.25, -0.2) is 4.79 Å². The Balaban J connectivity index is 1.72. The molecular formula is C18H27N5O5. The number of nitrogens with zero attached hydrogens (tertiary/aromatic N) is 4. The van der Waals surface area contributed by atoms with Crippen molar-refractivity contribution >= 4 is 17.5 Å². The molecule has 1 amide bonds. The van der Waals surface area contributed by atoms with Crippen molar-refractivity contribution in [3.8, 4) is 0 Å². The summed E-state index contributed by atoms with van der Waals surface area (Å²) in [4.78, 5) is 53.5. The van der Waals surface area contributed by atoms with Crippen LogP contribution in [-0.4, -0.2) is 76.6 Å². The van der Waals surface area contributed by atoms with E-state index in [4.69, 9.17) is 10.5 Å². The van der Waals surface area contributed by atoms with Crippen molar-refractivity contribution in [2.75, 3.05) is 51.7 Å². The van der Waals surface area contributed by atoms with Gasteiger partial charge in [-0.1, -0.05) is 0 Å². The fourth-order valence-electron chi connectivity index (χ4n) is 3.85. The third-order valence-electron chi connectivity index (χ3n) is 5.53. The van der Waals surface area contributed by atoms with Crippen molar-refractivity contribution in [2.24, 2.45) is 20.0 Å². The molecule has 0 aliphatic carbocycles. The molecule has 0 aromatic carbocycles. The second kappa shape index (κ2) is 8.27. The van der Waals surface area contributed by atoms with E-state index in [1.165, 1.54) is 14.1 Å². The lowest BCUT2D eigenvalue weighted by Crippen LogP contribution is -2.49. The number of morpholine rings is 1. The number of nitrogens with two attached hydrogens (primary N) is 1. The first-order valence-electron chi connectivity index (χ1n) is 9.48. The van der Waals surface area contributed by atoms with Crippen LogP contribution in [0.2, 0.25) is 0 Å². The molecular weight excluding hydrogens is 366 g/mol. The molecule has 3 heterocycles. The van der Waals surface area contributed by atoms with Gasteiger partial charge in [0.2, 0.25) is 5.91 Å². The first kappa shape index (κ1) is 20.3. The predicted octanol–water partition coefficient (Wildman–Crippen LogP) is -1.58. The van der Waals surface area contributed by atoms with Crippen LogP contribution in [0.3, 0.4) is 0 Å². The molecule has 2 saturated heterocycles. The van der Waals surface area contributed by atoms with Crippen LogP contribution in [0.4, 0.5) is 5.82 Å². The van der Waals surface area contributed by atoms with Gasteiger partial charge in [-0.05, 0) is 19.4 Å². The van der Waals surface area contributed by atoms with E-state index >= 15 is 0 Å². The van der Waals surface area contributed by atoms with E-state index in [-0.39, 0.29) is 29.8 Å². The first-order valence-corrected chi connectivity index (χ1v) is 9.48. The summed E-state index contributed by atoms with van der Waals surface area (Å²) in [6.07, 6.45) is 1.58. The van der Waals surface area contributed by atoms with Crippen molar-refractivity contribution in [1.82, 2.24) is 18.9 Å². The van der Waals surface area contributed by atoms with Crippen LogP contribution in [0.1, 0.15) is 23.2 Å². The normalized spacial score (nSPS) is 20.9. The van der Waals surface area contributed by atoms with Crippen molar-refractivity contribution in [1.29, 1.82) is 0 Å². The van der Waals surface area contributed by atoms with Gasteiger partial charge in [0.1, 0.15) is 11.4 Å². The highest BCUT2D eigenvalue weighted by atomic mass is 16.5. The monoisotopic (exact) mass is 393 g/mol. The van der Waals surface area contributed by atoms with E-state index in [9.17, 15) is 19.2 Å². The fraction of sp³-hybridized carbons (Fsp3) is 0.667. The topological polar surface area (TPSA) is 120 Å². The minimum atomic E-state index is -0.691. The van der Waals surface area contributed by atoms with Gasteiger partial charge in [0.05, 0.1) is 25.7 Å². The second-order valence-electron chi connectivity index (χ2n) is 7.40. The molecule has 10 nitrogen and oxygen atoms in total. The van der Waals surface area contributed by atoms with E-state index in [0.717, 1.165) is 22.0 Å². The van der Waals surface area contributed by atoms with Gasteiger partial charge in [0.15, 0.2) is 5.78 Å². The van der Waals surface area contributed by atoms with Crippen LogP contribution in [0, 0.1) is 5.92 Å². The molecule has 10 heteroatoms. The number of carbonyl (C=O) groups is 2. The van der Waals surface area contributed by atoms with Gasteiger partial charge >= 0.3 is 5.69 Å². The molecule has 154 valence electrons. The Hall–Kier alpha value is -2.46. The lowest BCUT2D eigenvalue weighted by atomic mass is 9.96. The number of hydrogen-bond donors (Lipinski definition) is 1. The molecule has 0 bridgehead atoms. The Morgan fingerprint density at radius 3 is 2.46 bits per heavy atom. The molecule has 2 N–H and O–H groups in total. The number of amides is 1. The number of Topliss-reactive ketones (excluding diaryl/α,β-unsaturated/α-hetero) is 1. The fourth-order valence-corrected chi connectivity index (χ4v) is 3.85. The molecule has 0 saturated carbocycles. The second-order valence-corrected chi connectivity index (χ2v) is 7.40. The molecule has 0 radical (unpaired) electrons. The zero-order chi connectivity index (χ0) is 20.4. The smallest absolute Gasteiger partial charge is 0.332 e. The Kier molecular flexibility index (Phi) is 5.99. The molecule has 3 rings (SSSR count). The van der Waals surface area contributed by atoms with Crippen molar-refractivity contribution in [3.63, 3.8) is 0 Å². The third-order valence-corrected chi connectivity index (χ3v) is 5.53.